The first-order valence-corrected chi connectivity index (χ1v) is 5.96. The minimum Gasteiger partial charge on any atom is -0.329 e. The molecule has 17 heavy (non-hydrogen) atoms. The molecular formula is C14H19N3. The van der Waals surface area contributed by atoms with Gasteiger partial charge in [-0.3, -0.25) is 0 Å². The van der Waals surface area contributed by atoms with E-state index in [-0.39, 0.29) is 6.04 Å². The molecule has 1 aromatic carbocycles. The van der Waals surface area contributed by atoms with E-state index in [2.05, 4.69) is 22.2 Å². The molecule has 0 saturated heterocycles. The lowest BCUT2D eigenvalue weighted by Gasteiger charge is -2.12. The highest BCUT2D eigenvalue weighted by atomic mass is 15.1. The molecule has 0 bridgehead atoms. The summed E-state index contributed by atoms with van der Waals surface area (Å²) in [6, 6.07) is 8.28. The third kappa shape index (κ3) is 2.94. The molecule has 1 aromatic heterocycles. The van der Waals surface area contributed by atoms with E-state index in [1.807, 2.05) is 31.5 Å². The molecule has 0 aliphatic heterocycles. The summed E-state index contributed by atoms with van der Waals surface area (Å²) >= 11 is 0. The maximum absolute atomic E-state index is 6.11. The Hall–Kier alpha value is -1.61. The molecule has 0 fully saturated rings. The van der Waals surface area contributed by atoms with Gasteiger partial charge in [0.25, 0.3) is 0 Å². The third-order valence-electron chi connectivity index (χ3n) is 2.90. The number of nitrogens with two attached hydrogens (primary N) is 1. The Kier molecular flexibility index (Phi) is 3.59. The molecule has 2 N–H and O–H groups in total. The maximum Gasteiger partial charge on any atom is 0.0958 e. The molecule has 2 rings (SSSR count). The molecule has 1 unspecified atom stereocenters. The Balaban J connectivity index is 2.05. The van der Waals surface area contributed by atoms with E-state index in [4.69, 9.17) is 5.73 Å². The zero-order valence-electron chi connectivity index (χ0n) is 10.3. The average molecular weight is 229 g/mol. The van der Waals surface area contributed by atoms with Crippen LogP contribution in [0.4, 0.5) is 0 Å². The van der Waals surface area contributed by atoms with Crippen LogP contribution in [-0.4, -0.2) is 15.6 Å². The Labute approximate surface area is 102 Å². The van der Waals surface area contributed by atoms with Gasteiger partial charge in [-0.1, -0.05) is 17.7 Å². The maximum atomic E-state index is 6.11. The van der Waals surface area contributed by atoms with Crippen LogP contribution < -0.4 is 5.73 Å². The Morgan fingerprint density at radius 1 is 1.47 bits per heavy atom. The first-order valence-electron chi connectivity index (χ1n) is 5.96. The molecule has 2 aromatic rings. The molecule has 3 heteroatoms. The van der Waals surface area contributed by atoms with Gasteiger partial charge in [0.15, 0.2) is 0 Å². The summed E-state index contributed by atoms with van der Waals surface area (Å²) in [5.74, 6) is 0. The van der Waals surface area contributed by atoms with Crippen molar-refractivity contribution in [3.63, 3.8) is 0 Å². The standard InChI is InChI=1S/C14H19N3/c1-11(2)7-8-12(15)9-17-10-16-13-5-3-4-6-14(13)17/h3-6,10,12H,1,7-9,15H2,2H3. The minimum absolute atomic E-state index is 0.157. The van der Waals surface area contributed by atoms with Crippen molar-refractivity contribution in [1.29, 1.82) is 0 Å². The summed E-state index contributed by atoms with van der Waals surface area (Å²) in [6.45, 7) is 6.75. The normalized spacial score (nSPS) is 12.8. The highest BCUT2D eigenvalue weighted by Crippen LogP contribution is 2.13. The van der Waals surface area contributed by atoms with Crippen molar-refractivity contribution in [2.24, 2.45) is 5.73 Å². The largest absolute Gasteiger partial charge is 0.329 e. The van der Waals surface area contributed by atoms with Gasteiger partial charge in [0.1, 0.15) is 0 Å². The Morgan fingerprint density at radius 3 is 3.00 bits per heavy atom. The topological polar surface area (TPSA) is 43.8 Å². The van der Waals surface area contributed by atoms with Crippen molar-refractivity contribution in [3.05, 3.63) is 42.7 Å². The van der Waals surface area contributed by atoms with Crippen molar-refractivity contribution >= 4 is 11.0 Å². The second-order valence-corrected chi connectivity index (χ2v) is 4.64. The highest BCUT2D eigenvalue weighted by Gasteiger charge is 2.06. The second-order valence-electron chi connectivity index (χ2n) is 4.64. The van der Waals surface area contributed by atoms with E-state index in [0.717, 1.165) is 30.4 Å². The van der Waals surface area contributed by atoms with Crippen molar-refractivity contribution < 1.29 is 0 Å². The van der Waals surface area contributed by atoms with Gasteiger partial charge in [-0.25, -0.2) is 4.98 Å². The lowest BCUT2D eigenvalue weighted by molar-refractivity contribution is 0.526. The lowest BCUT2D eigenvalue weighted by Crippen LogP contribution is -2.25. The summed E-state index contributed by atoms with van der Waals surface area (Å²) < 4.78 is 2.12. The number of aromatic nitrogens is 2. The lowest BCUT2D eigenvalue weighted by atomic mass is 10.1. The monoisotopic (exact) mass is 229 g/mol. The van der Waals surface area contributed by atoms with Crippen LogP contribution in [0.25, 0.3) is 11.0 Å². The van der Waals surface area contributed by atoms with Gasteiger partial charge in [0.2, 0.25) is 0 Å². The first-order chi connectivity index (χ1) is 8.16. The molecule has 0 saturated carbocycles. The summed E-state index contributed by atoms with van der Waals surface area (Å²) in [5.41, 5.74) is 9.48. The zero-order chi connectivity index (χ0) is 12.3. The average Bonchev–Trinajstić information content (AvgIpc) is 2.70. The highest BCUT2D eigenvalue weighted by molar-refractivity contribution is 5.74. The number of hydrogen-bond acceptors (Lipinski definition) is 2. The van der Waals surface area contributed by atoms with Gasteiger partial charge in [0, 0.05) is 12.6 Å². The summed E-state index contributed by atoms with van der Waals surface area (Å²) in [7, 11) is 0. The second kappa shape index (κ2) is 5.15. The number of para-hydroxylation sites is 2. The van der Waals surface area contributed by atoms with Crippen LogP contribution in [0.15, 0.2) is 42.7 Å². The van der Waals surface area contributed by atoms with Crippen molar-refractivity contribution in [2.45, 2.75) is 32.4 Å². The molecule has 90 valence electrons. The smallest absolute Gasteiger partial charge is 0.0958 e. The Bertz CT molecular complexity index is 513. The van der Waals surface area contributed by atoms with Gasteiger partial charge >= 0.3 is 0 Å². The molecule has 0 amide bonds. The van der Waals surface area contributed by atoms with Crippen LogP contribution >= 0.6 is 0 Å². The van der Waals surface area contributed by atoms with Crippen molar-refractivity contribution in [3.8, 4) is 0 Å². The van der Waals surface area contributed by atoms with Crippen molar-refractivity contribution in [1.82, 2.24) is 9.55 Å². The van der Waals surface area contributed by atoms with E-state index >= 15 is 0 Å². The number of fused-ring (bicyclic) bond motifs is 1. The SMILES string of the molecule is C=C(C)CCC(N)Cn1cnc2ccccc21. The summed E-state index contributed by atoms with van der Waals surface area (Å²) in [4.78, 5) is 4.36. The fourth-order valence-electron chi connectivity index (χ4n) is 1.93. The van der Waals surface area contributed by atoms with E-state index in [0.29, 0.717) is 0 Å². The molecule has 0 radical (unpaired) electrons. The quantitative estimate of drug-likeness (QED) is 0.801. The molecule has 0 aliphatic rings. The van der Waals surface area contributed by atoms with Gasteiger partial charge < -0.3 is 10.3 Å². The van der Waals surface area contributed by atoms with Gasteiger partial charge in [-0.15, -0.1) is 6.58 Å². The first kappa shape index (κ1) is 11.9. The Morgan fingerprint density at radius 2 is 2.24 bits per heavy atom. The number of benzene rings is 1. The molecule has 1 atom stereocenters. The predicted molar refractivity (Wildman–Crippen MR) is 71.8 cm³/mol. The van der Waals surface area contributed by atoms with Crippen molar-refractivity contribution in [2.75, 3.05) is 0 Å². The summed E-state index contributed by atoms with van der Waals surface area (Å²) in [5, 5.41) is 0. The number of nitrogens with zero attached hydrogens (tertiary/aromatic N) is 2. The van der Waals surface area contributed by atoms with Crippen LogP contribution in [0.2, 0.25) is 0 Å². The molecule has 0 aliphatic carbocycles. The van der Waals surface area contributed by atoms with Crippen LogP contribution in [0.3, 0.4) is 0 Å². The van der Waals surface area contributed by atoms with Crippen LogP contribution in [-0.2, 0) is 6.54 Å². The molecule has 0 spiro atoms. The fraction of sp³-hybridized carbons (Fsp3) is 0.357. The van der Waals surface area contributed by atoms with Crippen LogP contribution in [0, 0.1) is 0 Å². The number of imidazole rings is 1. The molecule has 3 nitrogen and oxygen atoms in total. The zero-order valence-corrected chi connectivity index (χ0v) is 10.3. The van der Waals surface area contributed by atoms with Gasteiger partial charge in [-0.2, -0.15) is 0 Å². The third-order valence-corrected chi connectivity index (χ3v) is 2.90. The number of allylic oxidation sites excluding steroid dienone is 1. The molecular weight excluding hydrogens is 210 g/mol. The van der Waals surface area contributed by atoms with Gasteiger partial charge in [-0.05, 0) is 31.9 Å². The molecule has 1 heterocycles. The number of rotatable bonds is 5. The van der Waals surface area contributed by atoms with E-state index < -0.39 is 0 Å². The van der Waals surface area contributed by atoms with E-state index in [1.54, 1.807) is 0 Å². The van der Waals surface area contributed by atoms with Crippen LogP contribution in [0.1, 0.15) is 19.8 Å². The summed E-state index contributed by atoms with van der Waals surface area (Å²) in [6.07, 6.45) is 3.83. The van der Waals surface area contributed by atoms with E-state index in [9.17, 15) is 0 Å². The fourth-order valence-corrected chi connectivity index (χ4v) is 1.93. The number of hydrogen-bond donors (Lipinski definition) is 1. The minimum atomic E-state index is 0.157. The van der Waals surface area contributed by atoms with Crippen LogP contribution in [0.5, 0.6) is 0 Å². The van der Waals surface area contributed by atoms with E-state index in [1.165, 1.54) is 5.57 Å². The predicted octanol–water partition coefficient (Wildman–Crippen LogP) is 2.72. The van der Waals surface area contributed by atoms with Gasteiger partial charge in [0.05, 0.1) is 17.4 Å².